The minimum atomic E-state index is -0.155. The van der Waals surface area contributed by atoms with Crippen LogP contribution in [0.3, 0.4) is 0 Å². The van der Waals surface area contributed by atoms with Crippen molar-refractivity contribution in [2.24, 2.45) is 40.4 Å². The van der Waals surface area contributed by atoms with Crippen molar-refractivity contribution in [1.29, 1.82) is 0 Å². The molecule has 0 aromatic carbocycles. The molecule has 0 radical (unpaired) electrons. The zero-order valence-corrected chi connectivity index (χ0v) is 18.4. The standard InChI is InChI=1S/C24H42O2/c1-8-24(12-10-9-11-13-24)26-21(25)18-15-16-14-17(18)20(23(5,6)7)19(16)22(2,3)4/h16-20H,8-15H2,1-7H3. The molecule has 150 valence electrons. The number of fused-ring (bicyclic) bond motifs is 2. The van der Waals surface area contributed by atoms with Gasteiger partial charge in [0, 0.05) is 0 Å². The Morgan fingerprint density at radius 1 is 0.923 bits per heavy atom. The lowest BCUT2D eigenvalue weighted by Gasteiger charge is -2.48. The van der Waals surface area contributed by atoms with Gasteiger partial charge >= 0.3 is 5.97 Å². The van der Waals surface area contributed by atoms with Gasteiger partial charge < -0.3 is 4.74 Å². The summed E-state index contributed by atoms with van der Waals surface area (Å²) in [5, 5.41) is 0. The number of hydrogen-bond acceptors (Lipinski definition) is 2. The van der Waals surface area contributed by atoms with E-state index in [1.54, 1.807) is 0 Å². The van der Waals surface area contributed by atoms with Crippen LogP contribution in [0.5, 0.6) is 0 Å². The second-order valence-electron chi connectivity index (χ2n) is 11.8. The van der Waals surface area contributed by atoms with Crippen molar-refractivity contribution in [2.45, 2.75) is 105 Å². The summed E-state index contributed by atoms with van der Waals surface area (Å²) in [4.78, 5) is 13.3. The molecule has 3 saturated carbocycles. The highest BCUT2D eigenvalue weighted by Crippen LogP contribution is 2.64. The van der Waals surface area contributed by atoms with E-state index in [-0.39, 0.29) is 22.9 Å². The van der Waals surface area contributed by atoms with Gasteiger partial charge in [0.2, 0.25) is 0 Å². The first kappa shape index (κ1) is 20.2. The Hall–Kier alpha value is -0.530. The lowest BCUT2D eigenvalue weighted by Crippen LogP contribution is -2.46. The van der Waals surface area contributed by atoms with Crippen LogP contribution in [0.25, 0.3) is 0 Å². The molecule has 0 amide bonds. The van der Waals surface area contributed by atoms with E-state index >= 15 is 0 Å². The minimum absolute atomic E-state index is 0.142. The molecule has 2 bridgehead atoms. The Morgan fingerprint density at radius 2 is 1.50 bits per heavy atom. The van der Waals surface area contributed by atoms with E-state index in [1.165, 1.54) is 25.7 Å². The van der Waals surface area contributed by atoms with Gasteiger partial charge in [-0.3, -0.25) is 4.79 Å². The smallest absolute Gasteiger partial charge is 0.309 e. The third-order valence-electron chi connectivity index (χ3n) is 8.03. The number of carbonyl (C=O) groups excluding carboxylic acids is 1. The first-order chi connectivity index (χ1) is 12.0. The third kappa shape index (κ3) is 3.59. The van der Waals surface area contributed by atoms with Crippen LogP contribution in [0.4, 0.5) is 0 Å². The van der Waals surface area contributed by atoms with E-state index in [2.05, 4.69) is 48.5 Å². The Morgan fingerprint density at radius 3 is 2.00 bits per heavy atom. The SMILES string of the molecule is CCC1(OC(=O)C2CC3CC2C(C(C)(C)C)C3C(C)(C)C)CCCCC1. The predicted octanol–water partition coefficient (Wildman–Crippen LogP) is 6.62. The van der Waals surface area contributed by atoms with Crippen LogP contribution in [0.2, 0.25) is 0 Å². The van der Waals surface area contributed by atoms with Crippen molar-refractivity contribution in [3.8, 4) is 0 Å². The maximum Gasteiger partial charge on any atom is 0.309 e. The van der Waals surface area contributed by atoms with Gasteiger partial charge in [0.25, 0.3) is 0 Å². The molecule has 5 atom stereocenters. The number of carbonyl (C=O) groups is 1. The molecule has 2 nitrogen and oxygen atoms in total. The highest BCUT2D eigenvalue weighted by atomic mass is 16.6. The van der Waals surface area contributed by atoms with Crippen molar-refractivity contribution in [3.05, 3.63) is 0 Å². The van der Waals surface area contributed by atoms with Crippen LogP contribution in [-0.2, 0) is 9.53 Å². The summed E-state index contributed by atoms with van der Waals surface area (Å²) >= 11 is 0. The number of hydrogen-bond donors (Lipinski definition) is 0. The van der Waals surface area contributed by atoms with Gasteiger partial charge in [-0.2, -0.15) is 0 Å². The molecule has 0 heterocycles. The summed E-state index contributed by atoms with van der Waals surface area (Å²) in [7, 11) is 0. The van der Waals surface area contributed by atoms with Crippen LogP contribution < -0.4 is 0 Å². The van der Waals surface area contributed by atoms with E-state index in [4.69, 9.17) is 4.74 Å². The maximum atomic E-state index is 13.3. The third-order valence-corrected chi connectivity index (χ3v) is 8.03. The maximum absolute atomic E-state index is 13.3. The first-order valence-electron chi connectivity index (χ1n) is 11.2. The van der Waals surface area contributed by atoms with Crippen LogP contribution in [0, 0.1) is 40.4 Å². The lowest BCUT2D eigenvalue weighted by atomic mass is 9.57. The Balaban J connectivity index is 1.78. The van der Waals surface area contributed by atoms with E-state index < -0.39 is 0 Å². The van der Waals surface area contributed by atoms with E-state index in [0.29, 0.717) is 23.2 Å². The molecule has 2 heteroatoms. The lowest BCUT2D eigenvalue weighted by molar-refractivity contribution is -0.174. The summed E-state index contributed by atoms with van der Waals surface area (Å²) in [6.45, 7) is 16.6. The molecule has 3 rings (SSSR count). The predicted molar refractivity (Wildman–Crippen MR) is 108 cm³/mol. The fraction of sp³-hybridized carbons (Fsp3) is 0.958. The molecule has 0 aliphatic heterocycles. The van der Waals surface area contributed by atoms with Crippen LogP contribution in [-0.4, -0.2) is 11.6 Å². The van der Waals surface area contributed by atoms with Gasteiger partial charge in [-0.05, 0) is 79.4 Å². The molecular formula is C24H42O2. The number of esters is 1. The van der Waals surface area contributed by atoms with Gasteiger partial charge in [-0.1, -0.05) is 54.9 Å². The van der Waals surface area contributed by atoms with E-state index in [0.717, 1.165) is 31.6 Å². The van der Waals surface area contributed by atoms with Crippen LogP contribution in [0.15, 0.2) is 0 Å². The van der Waals surface area contributed by atoms with Gasteiger partial charge in [0.05, 0.1) is 5.92 Å². The fourth-order valence-electron chi connectivity index (χ4n) is 7.07. The van der Waals surface area contributed by atoms with Gasteiger partial charge in [-0.25, -0.2) is 0 Å². The highest BCUT2D eigenvalue weighted by Gasteiger charge is 2.60. The molecule has 26 heavy (non-hydrogen) atoms. The summed E-state index contributed by atoms with van der Waals surface area (Å²) < 4.78 is 6.31. The fourth-order valence-corrected chi connectivity index (χ4v) is 7.07. The molecular weight excluding hydrogens is 320 g/mol. The molecule has 3 aliphatic carbocycles. The topological polar surface area (TPSA) is 26.3 Å². The van der Waals surface area contributed by atoms with Gasteiger partial charge in [-0.15, -0.1) is 0 Å². The second kappa shape index (κ2) is 6.82. The van der Waals surface area contributed by atoms with Crippen molar-refractivity contribution in [3.63, 3.8) is 0 Å². The summed E-state index contributed by atoms with van der Waals surface area (Å²) in [6.07, 6.45) is 9.16. The normalized spacial score (nSPS) is 37.0. The average Bonchev–Trinajstić information content (AvgIpc) is 3.13. The van der Waals surface area contributed by atoms with Crippen molar-refractivity contribution >= 4 is 5.97 Å². The van der Waals surface area contributed by atoms with Gasteiger partial charge in [0.1, 0.15) is 5.60 Å². The molecule has 0 aromatic rings. The zero-order valence-electron chi connectivity index (χ0n) is 18.4. The minimum Gasteiger partial charge on any atom is -0.459 e. The Kier molecular flexibility index (Phi) is 5.30. The van der Waals surface area contributed by atoms with Crippen molar-refractivity contribution in [2.75, 3.05) is 0 Å². The zero-order chi connectivity index (χ0) is 19.3. The second-order valence-corrected chi connectivity index (χ2v) is 11.8. The number of rotatable bonds is 3. The molecule has 3 aliphatic rings. The molecule has 0 aromatic heterocycles. The Labute approximate surface area is 161 Å². The first-order valence-corrected chi connectivity index (χ1v) is 11.2. The molecule has 0 saturated heterocycles. The quantitative estimate of drug-likeness (QED) is 0.527. The summed E-state index contributed by atoms with van der Waals surface area (Å²) in [5.74, 6) is 2.87. The van der Waals surface area contributed by atoms with Crippen LogP contribution >= 0.6 is 0 Å². The highest BCUT2D eigenvalue weighted by molar-refractivity contribution is 5.74. The van der Waals surface area contributed by atoms with E-state index in [1.807, 2.05) is 0 Å². The molecule has 0 spiro atoms. The summed E-state index contributed by atoms with van der Waals surface area (Å²) in [6, 6.07) is 0. The average molecular weight is 363 g/mol. The van der Waals surface area contributed by atoms with Gasteiger partial charge in [0.15, 0.2) is 0 Å². The summed E-state index contributed by atoms with van der Waals surface area (Å²) in [5.41, 5.74) is 0.418. The molecule has 0 N–H and O–H groups in total. The Bertz CT molecular complexity index is 515. The van der Waals surface area contributed by atoms with Crippen LogP contribution in [0.1, 0.15) is 99.8 Å². The molecule has 5 unspecified atom stereocenters. The van der Waals surface area contributed by atoms with Crippen molar-refractivity contribution in [1.82, 2.24) is 0 Å². The molecule has 3 fully saturated rings. The largest absolute Gasteiger partial charge is 0.459 e. The number of ether oxygens (including phenoxy) is 1. The van der Waals surface area contributed by atoms with Crippen molar-refractivity contribution < 1.29 is 9.53 Å². The monoisotopic (exact) mass is 362 g/mol. The van der Waals surface area contributed by atoms with E-state index in [9.17, 15) is 4.79 Å².